The number of carboxylic acid groups (broad SMARTS) is 1. The monoisotopic (exact) mass is 384 g/mol. The van der Waals surface area contributed by atoms with E-state index in [1.54, 1.807) is 38.1 Å². The summed E-state index contributed by atoms with van der Waals surface area (Å²) in [5.74, 6) is -1.84. The Morgan fingerprint density at radius 1 is 0.893 bits per heavy atom. The van der Waals surface area contributed by atoms with Gasteiger partial charge in [-0.25, -0.2) is 0 Å². The van der Waals surface area contributed by atoms with Gasteiger partial charge in [-0.3, -0.25) is 4.79 Å². The molecule has 1 N–H and O–H groups in total. The van der Waals surface area contributed by atoms with Crippen LogP contribution in [0.3, 0.4) is 0 Å². The number of nitrogens with one attached hydrogen (secondary N) is 1. The lowest BCUT2D eigenvalue weighted by atomic mass is 9.81. The van der Waals surface area contributed by atoms with Crippen LogP contribution in [0, 0.1) is 5.41 Å². The lowest BCUT2D eigenvalue weighted by Gasteiger charge is -2.31. The molecule has 0 aliphatic rings. The van der Waals surface area contributed by atoms with Crippen molar-refractivity contribution in [3.63, 3.8) is 0 Å². The fourth-order valence-electron chi connectivity index (χ4n) is 2.86. The van der Waals surface area contributed by atoms with Crippen molar-refractivity contribution in [1.29, 1.82) is 0 Å². The summed E-state index contributed by atoms with van der Waals surface area (Å²) in [5, 5.41) is 13.7. The van der Waals surface area contributed by atoms with Crippen molar-refractivity contribution < 1.29 is 19.2 Å². The zero-order chi connectivity index (χ0) is 21.2. The van der Waals surface area contributed by atoms with Crippen LogP contribution in [0.4, 0.5) is 5.69 Å². The third kappa shape index (κ3) is 7.16. The maximum absolute atomic E-state index is 12.0. The maximum Gasteiger partial charge on any atom is 0.236 e. The molecule has 152 valence electrons. The van der Waals surface area contributed by atoms with E-state index in [9.17, 15) is 14.7 Å². The molecule has 0 radical (unpaired) electrons. The molecule has 0 bridgehead atoms. The van der Waals surface area contributed by atoms with Crippen LogP contribution in [0.1, 0.15) is 32.3 Å². The van der Waals surface area contributed by atoms with Crippen LogP contribution < -0.4 is 10.4 Å². The fraction of sp³-hybridized carbons (Fsp3) is 0.391. The molecule has 2 rings (SSSR count). The summed E-state index contributed by atoms with van der Waals surface area (Å²) in [4.78, 5) is 23.1. The van der Waals surface area contributed by atoms with E-state index in [1.807, 2.05) is 6.07 Å². The van der Waals surface area contributed by atoms with E-state index in [0.717, 1.165) is 11.0 Å². The van der Waals surface area contributed by atoms with Gasteiger partial charge in [-0.2, -0.15) is 0 Å². The van der Waals surface area contributed by atoms with E-state index >= 15 is 0 Å². The Morgan fingerprint density at radius 2 is 1.36 bits per heavy atom. The fourth-order valence-corrected chi connectivity index (χ4v) is 2.86. The zero-order valence-corrected chi connectivity index (χ0v) is 17.6. The first-order valence-corrected chi connectivity index (χ1v) is 9.57. The summed E-state index contributed by atoms with van der Waals surface area (Å²) in [6.07, 6.45) is 0.426. The predicted octanol–water partition coefficient (Wildman–Crippen LogP) is 3.07. The van der Waals surface area contributed by atoms with Gasteiger partial charge in [0.15, 0.2) is 0 Å². The van der Waals surface area contributed by atoms with Crippen molar-refractivity contribution in [1.82, 2.24) is 0 Å². The van der Waals surface area contributed by atoms with Gasteiger partial charge < -0.3 is 19.7 Å². The van der Waals surface area contributed by atoms with E-state index in [1.165, 1.54) is 5.56 Å². The highest BCUT2D eigenvalue weighted by molar-refractivity contribution is 6.07. The molecule has 2 aromatic rings. The second kappa shape index (κ2) is 10.6. The van der Waals surface area contributed by atoms with E-state index in [-0.39, 0.29) is 12.8 Å². The molecule has 0 aromatic heterocycles. The third-order valence-electron chi connectivity index (χ3n) is 4.56. The van der Waals surface area contributed by atoms with E-state index < -0.39 is 17.3 Å². The molecule has 0 saturated carbocycles. The molecule has 0 spiro atoms. The predicted molar refractivity (Wildman–Crippen MR) is 111 cm³/mol. The molecule has 2 aromatic carbocycles. The highest BCUT2D eigenvalue weighted by Crippen LogP contribution is 2.27. The molecule has 0 atom stereocenters. The highest BCUT2D eigenvalue weighted by atomic mass is 16.4. The van der Waals surface area contributed by atoms with Crippen LogP contribution >= 0.6 is 0 Å². The number of anilines is 1. The Hall–Kier alpha value is -2.66. The quantitative estimate of drug-likeness (QED) is 0.589. The van der Waals surface area contributed by atoms with Gasteiger partial charge in [-0.1, -0.05) is 62.4 Å². The van der Waals surface area contributed by atoms with Crippen LogP contribution in [0.25, 0.3) is 0 Å². The molecule has 0 saturated heterocycles. The molecule has 1 amide bonds. The number of carboxylic acids is 1. The van der Waals surface area contributed by atoms with Gasteiger partial charge in [0.1, 0.15) is 6.54 Å². The first-order chi connectivity index (χ1) is 13.1. The minimum Gasteiger partial charge on any atom is -0.549 e. The number of nitrogens with zero attached hydrogens (tertiary/aromatic N) is 1. The first kappa shape index (κ1) is 23.4. The van der Waals surface area contributed by atoms with Crippen molar-refractivity contribution in [2.24, 2.45) is 5.41 Å². The number of hydrogen-bond donors (Lipinski definition) is 1. The average molecular weight is 385 g/mol. The number of rotatable bonds is 7. The summed E-state index contributed by atoms with van der Waals surface area (Å²) in [6.45, 7) is 4.44. The number of aliphatic carboxylic acids is 1. The Balaban J connectivity index is 0.000000307. The molecule has 0 unspecified atom stereocenters. The standard InChI is InChI=1S/C13H17NO3.C10H16N/c1-3-13(4-2,12(16)17)11(15)14-10-8-6-5-7-9-10;1-11(2,3)9-10-7-5-4-6-8-10/h5-9H,3-4H2,1-2H3,(H,14,15)(H,16,17);4-8H,9H2,1-3H3/q;+1/p-1. The topological polar surface area (TPSA) is 69.2 Å². The van der Waals surface area contributed by atoms with Crippen molar-refractivity contribution in [2.45, 2.75) is 33.2 Å². The Kier molecular flexibility index (Phi) is 8.86. The lowest BCUT2D eigenvalue weighted by Crippen LogP contribution is -2.49. The van der Waals surface area contributed by atoms with E-state index in [0.29, 0.717) is 5.69 Å². The molecule has 0 fully saturated rings. The molecule has 5 nitrogen and oxygen atoms in total. The number of hydrogen-bond acceptors (Lipinski definition) is 3. The molecular weight excluding hydrogens is 352 g/mol. The van der Waals surface area contributed by atoms with E-state index in [2.05, 4.69) is 56.8 Å². The maximum atomic E-state index is 12.0. The molecule has 0 aliphatic carbocycles. The smallest absolute Gasteiger partial charge is 0.236 e. The van der Waals surface area contributed by atoms with Crippen LogP contribution in [-0.2, 0) is 16.1 Å². The largest absolute Gasteiger partial charge is 0.549 e. The molecule has 28 heavy (non-hydrogen) atoms. The lowest BCUT2D eigenvalue weighted by molar-refractivity contribution is -0.884. The second-order valence-electron chi connectivity index (χ2n) is 7.83. The summed E-state index contributed by atoms with van der Waals surface area (Å²) in [5.41, 5.74) is 0.542. The average Bonchev–Trinajstić information content (AvgIpc) is 2.64. The van der Waals surface area contributed by atoms with Crippen LogP contribution in [0.2, 0.25) is 0 Å². The number of para-hydroxylation sites is 1. The van der Waals surface area contributed by atoms with Crippen molar-refractivity contribution >= 4 is 17.6 Å². The van der Waals surface area contributed by atoms with Crippen molar-refractivity contribution in [3.05, 3.63) is 66.2 Å². The SMILES string of the molecule is CCC(CC)(C(=O)[O-])C(=O)Nc1ccccc1.C[N+](C)(C)Cc1ccccc1. The summed E-state index contributed by atoms with van der Waals surface area (Å²) < 4.78 is 0.990. The number of benzene rings is 2. The van der Waals surface area contributed by atoms with Gasteiger partial charge in [0, 0.05) is 11.3 Å². The summed E-state index contributed by atoms with van der Waals surface area (Å²) >= 11 is 0. The Labute approximate surface area is 168 Å². The first-order valence-electron chi connectivity index (χ1n) is 9.57. The molecular formula is C23H32N2O3. The number of carbonyl (C=O) groups is 2. The normalized spacial score (nSPS) is 11.2. The van der Waals surface area contributed by atoms with Gasteiger partial charge in [0.05, 0.1) is 32.5 Å². The van der Waals surface area contributed by atoms with Crippen LogP contribution in [-0.4, -0.2) is 37.5 Å². The second-order valence-corrected chi connectivity index (χ2v) is 7.83. The molecule has 5 heteroatoms. The number of quaternary nitrogens is 1. The van der Waals surface area contributed by atoms with E-state index in [4.69, 9.17) is 0 Å². The Morgan fingerprint density at radius 3 is 1.75 bits per heavy atom. The Bertz CT molecular complexity index is 733. The van der Waals surface area contributed by atoms with Crippen molar-refractivity contribution in [3.8, 4) is 0 Å². The van der Waals surface area contributed by atoms with Gasteiger partial charge in [0.2, 0.25) is 5.91 Å². The summed E-state index contributed by atoms with van der Waals surface area (Å²) in [7, 11) is 6.60. The van der Waals surface area contributed by atoms with Gasteiger partial charge in [-0.15, -0.1) is 0 Å². The summed E-state index contributed by atoms with van der Waals surface area (Å²) in [6, 6.07) is 19.4. The zero-order valence-electron chi connectivity index (χ0n) is 17.6. The van der Waals surface area contributed by atoms with Gasteiger partial charge in [0.25, 0.3) is 0 Å². The van der Waals surface area contributed by atoms with Crippen molar-refractivity contribution in [2.75, 3.05) is 26.5 Å². The highest BCUT2D eigenvalue weighted by Gasteiger charge is 2.36. The van der Waals surface area contributed by atoms with Crippen LogP contribution in [0.15, 0.2) is 60.7 Å². The minimum absolute atomic E-state index is 0.213. The van der Waals surface area contributed by atoms with Crippen LogP contribution in [0.5, 0.6) is 0 Å². The minimum atomic E-state index is -1.45. The molecule has 0 heterocycles. The number of carbonyl (C=O) groups excluding carboxylic acids is 2. The van der Waals surface area contributed by atoms with Gasteiger partial charge >= 0.3 is 0 Å². The number of amides is 1. The van der Waals surface area contributed by atoms with Gasteiger partial charge in [-0.05, 0) is 25.0 Å². The third-order valence-corrected chi connectivity index (χ3v) is 4.56. The molecule has 0 aliphatic heterocycles.